The predicted molar refractivity (Wildman–Crippen MR) is 150 cm³/mol. The molecule has 0 fully saturated rings. The summed E-state index contributed by atoms with van der Waals surface area (Å²) in [5, 5.41) is 11.9. The summed E-state index contributed by atoms with van der Waals surface area (Å²) in [5.41, 5.74) is 4.99. The Hall–Kier alpha value is -4.96. The van der Waals surface area contributed by atoms with E-state index in [4.69, 9.17) is 11.6 Å². The van der Waals surface area contributed by atoms with E-state index in [-0.39, 0.29) is 24.2 Å². The van der Waals surface area contributed by atoms with Crippen LogP contribution in [-0.4, -0.2) is 47.9 Å². The molecule has 0 spiro atoms. The molecule has 0 aliphatic carbocycles. The molecule has 3 aromatic carbocycles. The number of halogens is 3. The summed E-state index contributed by atoms with van der Waals surface area (Å²) >= 11 is 6.34. The number of aldehydes is 1. The van der Waals surface area contributed by atoms with Gasteiger partial charge in [0.15, 0.2) is 0 Å². The van der Waals surface area contributed by atoms with Gasteiger partial charge in [0.05, 0.1) is 23.6 Å². The van der Waals surface area contributed by atoms with E-state index in [1.54, 1.807) is 48.7 Å². The fourth-order valence-electron chi connectivity index (χ4n) is 4.88. The molecule has 1 N–H and O–H groups in total. The van der Waals surface area contributed by atoms with Crippen molar-refractivity contribution in [2.45, 2.75) is 12.5 Å². The Labute approximate surface area is 238 Å². The lowest BCUT2D eigenvalue weighted by Crippen LogP contribution is -2.31. The minimum atomic E-state index is -0.333. The van der Waals surface area contributed by atoms with E-state index in [1.807, 2.05) is 17.2 Å². The predicted octanol–water partition coefficient (Wildman–Crippen LogP) is 5.75. The van der Waals surface area contributed by atoms with E-state index in [1.165, 1.54) is 35.3 Å². The summed E-state index contributed by atoms with van der Waals surface area (Å²) < 4.78 is 28.6. The summed E-state index contributed by atoms with van der Waals surface area (Å²) in [5.74, 6) is -0.00678. The number of rotatable bonds is 8. The first-order valence-corrected chi connectivity index (χ1v) is 13.1. The van der Waals surface area contributed by atoms with Crippen LogP contribution in [0.15, 0.2) is 97.1 Å². The van der Waals surface area contributed by atoms with Gasteiger partial charge in [-0.3, -0.25) is 4.79 Å². The average Bonchev–Trinajstić information content (AvgIpc) is 3.70. The molecule has 2 aromatic heterocycles. The zero-order valence-electron chi connectivity index (χ0n) is 21.5. The number of nitrogens with one attached hydrogen (secondary N) is 1. The van der Waals surface area contributed by atoms with Crippen molar-refractivity contribution in [2.75, 3.05) is 6.54 Å². The molecule has 1 aliphatic heterocycles. The van der Waals surface area contributed by atoms with Crippen molar-refractivity contribution in [1.82, 2.24) is 35.1 Å². The van der Waals surface area contributed by atoms with Gasteiger partial charge in [-0.15, -0.1) is 5.10 Å². The van der Waals surface area contributed by atoms with Crippen LogP contribution < -0.4 is 0 Å². The molecule has 3 heterocycles. The molecular formula is C30H22ClF2N7O. The van der Waals surface area contributed by atoms with E-state index < -0.39 is 0 Å². The van der Waals surface area contributed by atoms with Gasteiger partial charge in [0, 0.05) is 28.9 Å². The SMILES string of the molecule is O=CC1=C(c2cc(Cl)ccc2-n2cnnn2)C=CN(C(Cc2ccc(F)cc2)c2ncc(-c3ccc(F)cc3)[nH]2)C1. The van der Waals surface area contributed by atoms with Crippen LogP contribution in [0.3, 0.4) is 0 Å². The molecule has 204 valence electrons. The van der Waals surface area contributed by atoms with E-state index >= 15 is 0 Å². The number of nitrogens with zero attached hydrogens (tertiary/aromatic N) is 6. The lowest BCUT2D eigenvalue weighted by atomic mass is 9.94. The van der Waals surface area contributed by atoms with Crippen molar-refractivity contribution in [3.05, 3.63) is 131 Å². The Morgan fingerprint density at radius 2 is 1.78 bits per heavy atom. The number of benzene rings is 3. The van der Waals surface area contributed by atoms with Gasteiger partial charge in [-0.25, -0.2) is 13.8 Å². The number of hydrogen-bond donors (Lipinski definition) is 1. The number of H-pyrrole nitrogens is 1. The number of hydrogen-bond acceptors (Lipinski definition) is 6. The van der Waals surface area contributed by atoms with Gasteiger partial charge < -0.3 is 9.88 Å². The lowest BCUT2D eigenvalue weighted by Gasteiger charge is -2.33. The molecule has 0 radical (unpaired) electrons. The molecule has 5 aromatic rings. The molecular weight excluding hydrogens is 548 g/mol. The van der Waals surface area contributed by atoms with Crippen LogP contribution in [0, 0.1) is 11.6 Å². The molecule has 1 unspecified atom stereocenters. The molecule has 1 atom stereocenters. The number of aromatic nitrogens is 6. The van der Waals surface area contributed by atoms with Crippen LogP contribution in [0.25, 0.3) is 22.5 Å². The van der Waals surface area contributed by atoms with E-state index in [0.717, 1.165) is 23.1 Å². The number of aromatic amines is 1. The average molecular weight is 570 g/mol. The van der Waals surface area contributed by atoms with Gasteiger partial charge in [0.25, 0.3) is 0 Å². The molecule has 41 heavy (non-hydrogen) atoms. The Kier molecular flexibility index (Phi) is 7.22. The lowest BCUT2D eigenvalue weighted by molar-refractivity contribution is -0.105. The zero-order valence-corrected chi connectivity index (χ0v) is 22.2. The highest BCUT2D eigenvalue weighted by Crippen LogP contribution is 2.34. The molecule has 0 amide bonds. The van der Waals surface area contributed by atoms with Gasteiger partial charge in [0.2, 0.25) is 0 Å². The topological polar surface area (TPSA) is 92.6 Å². The summed E-state index contributed by atoms with van der Waals surface area (Å²) in [6.45, 7) is 0.273. The van der Waals surface area contributed by atoms with Crippen LogP contribution in [0.1, 0.15) is 23.0 Å². The molecule has 1 aliphatic rings. The number of allylic oxidation sites excluding steroid dienone is 2. The van der Waals surface area contributed by atoms with Gasteiger partial charge in [-0.2, -0.15) is 4.68 Å². The van der Waals surface area contributed by atoms with Crippen molar-refractivity contribution in [2.24, 2.45) is 0 Å². The van der Waals surface area contributed by atoms with E-state index in [9.17, 15) is 13.6 Å². The van der Waals surface area contributed by atoms with Crippen molar-refractivity contribution < 1.29 is 13.6 Å². The van der Waals surface area contributed by atoms with Crippen molar-refractivity contribution in [3.8, 4) is 16.9 Å². The first kappa shape index (κ1) is 26.3. The molecule has 11 heteroatoms. The normalized spacial score (nSPS) is 14.0. The van der Waals surface area contributed by atoms with Crippen molar-refractivity contribution in [3.63, 3.8) is 0 Å². The second kappa shape index (κ2) is 11.3. The summed E-state index contributed by atoms with van der Waals surface area (Å²) in [4.78, 5) is 22.5. The maximum absolute atomic E-state index is 13.7. The quantitative estimate of drug-likeness (QED) is 0.239. The Bertz CT molecular complexity index is 1750. The highest BCUT2D eigenvalue weighted by molar-refractivity contribution is 6.30. The third-order valence-corrected chi connectivity index (χ3v) is 7.16. The molecule has 0 bridgehead atoms. The van der Waals surface area contributed by atoms with Gasteiger partial charge in [0.1, 0.15) is 30.1 Å². The summed E-state index contributed by atoms with van der Waals surface area (Å²) in [6.07, 6.45) is 8.24. The zero-order chi connectivity index (χ0) is 28.3. The number of tetrazole rings is 1. The first-order chi connectivity index (χ1) is 20.0. The van der Waals surface area contributed by atoms with Crippen LogP contribution >= 0.6 is 11.6 Å². The molecule has 0 saturated carbocycles. The maximum Gasteiger partial charge on any atom is 0.148 e. The fraction of sp³-hybridized carbons (Fsp3) is 0.100. The second-order valence-electron chi connectivity index (χ2n) is 9.50. The van der Waals surface area contributed by atoms with Gasteiger partial charge >= 0.3 is 0 Å². The third kappa shape index (κ3) is 5.55. The van der Waals surface area contributed by atoms with Crippen molar-refractivity contribution in [1.29, 1.82) is 0 Å². The van der Waals surface area contributed by atoms with Crippen LogP contribution in [0.2, 0.25) is 5.02 Å². The highest BCUT2D eigenvalue weighted by atomic mass is 35.5. The van der Waals surface area contributed by atoms with Crippen LogP contribution in [0.5, 0.6) is 0 Å². The number of carbonyl (C=O) groups excluding carboxylic acids is 1. The fourth-order valence-corrected chi connectivity index (χ4v) is 5.05. The van der Waals surface area contributed by atoms with Crippen LogP contribution in [0.4, 0.5) is 8.78 Å². The smallest absolute Gasteiger partial charge is 0.148 e. The minimum Gasteiger partial charge on any atom is -0.363 e. The van der Waals surface area contributed by atoms with E-state index in [0.29, 0.717) is 39.7 Å². The third-order valence-electron chi connectivity index (χ3n) is 6.93. The summed E-state index contributed by atoms with van der Waals surface area (Å²) in [6, 6.07) is 17.4. The first-order valence-electron chi connectivity index (χ1n) is 12.7. The standard InChI is InChI=1S/C30H22ClF2N7O/c31-22-5-10-28(40-18-35-37-38-40)26(14-22)25-11-12-39(16-21(25)17-41)29(13-19-1-6-23(32)7-2-19)30-34-15-27(36-30)20-3-8-24(33)9-4-20/h1-12,14-15,17-18,29H,13,16H2,(H,34,36). The molecule has 8 nitrogen and oxygen atoms in total. The highest BCUT2D eigenvalue weighted by Gasteiger charge is 2.27. The Morgan fingerprint density at radius 1 is 1.02 bits per heavy atom. The second-order valence-corrected chi connectivity index (χ2v) is 9.93. The minimum absolute atomic E-state index is 0.273. The molecule has 6 rings (SSSR count). The maximum atomic E-state index is 13.7. The Morgan fingerprint density at radius 3 is 2.49 bits per heavy atom. The van der Waals surface area contributed by atoms with E-state index in [2.05, 4.69) is 25.5 Å². The van der Waals surface area contributed by atoms with Gasteiger partial charge in [-0.1, -0.05) is 23.7 Å². The number of carbonyl (C=O) groups is 1. The van der Waals surface area contributed by atoms with Crippen molar-refractivity contribution >= 4 is 23.5 Å². The number of imidazole rings is 1. The van der Waals surface area contributed by atoms with Crippen LogP contribution in [-0.2, 0) is 11.2 Å². The van der Waals surface area contributed by atoms with Gasteiger partial charge in [-0.05, 0) is 94.2 Å². The largest absolute Gasteiger partial charge is 0.363 e. The Balaban J connectivity index is 1.37. The molecule has 0 saturated heterocycles. The summed E-state index contributed by atoms with van der Waals surface area (Å²) in [7, 11) is 0. The monoisotopic (exact) mass is 569 g/mol.